The molecule has 1 atom stereocenters. The van der Waals surface area contributed by atoms with Gasteiger partial charge < -0.3 is 10.1 Å². The topological polar surface area (TPSA) is 38.3 Å². The second-order valence-corrected chi connectivity index (χ2v) is 3.58. The summed E-state index contributed by atoms with van der Waals surface area (Å²) in [6.45, 7) is 5.30. The Balaban J connectivity index is 2.12. The summed E-state index contributed by atoms with van der Waals surface area (Å²) in [5.74, 6) is -0.102. The molecule has 0 aromatic rings. The molecule has 1 heterocycles. The standard InChI is InChI=1S/C9H17NO2/c1-7(2)9(11)12-6-8-4-3-5-10-8/h7-8,10H,3-6H2,1-2H3. The lowest BCUT2D eigenvalue weighted by atomic mass is 10.2. The van der Waals surface area contributed by atoms with E-state index in [1.807, 2.05) is 13.8 Å². The van der Waals surface area contributed by atoms with Gasteiger partial charge in [-0.1, -0.05) is 13.8 Å². The molecule has 3 nitrogen and oxygen atoms in total. The Labute approximate surface area is 73.5 Å². The number of nitrogens with one attached hydrogen (secondary N) is 1. The highest BCUT2D eigenvalue weighted by Crippen LogP contribution is 2.06. The number of rotatable bonds is 3. The number of carbonyl (C=O) groups is 1. The predicted molar refractivity (Wildman–Crippen MR) is 46.8 cm³/mol. The van der Waals surface area contributed by atoms with Crippen LogP contribution in [-0.4, -0.2) is 25.2 Å². The number of ether oxygens (including phenoxy) is 1. The Morgan fingerprint density at radius 1 is 1.67 bits per heavy atom. The Hall–Kier alpha value is -0.570. The fourth-order valence-corrected chi connectivity index (χ4v) is 1.25. The fourth-order valence-electron chi connectivity index (χ4n) is 1.25. The summed E-state index contributed by atoms with van der Waals surface area (Å²) < 4.78 is 5.09. The van der Waals surface area contributed by atoms with Gasteiger partial charge in [0.2, 0.25) is 0 Å². The Morgan fingerprint density at radius 3 is 2.92 bits per heavy atom. The predicted octanol–water partition coefficient (Wildman–Crippen LogP) is 0.938. The molecule has 0 saturated carbocycles. The molecule has 0 aromatic carbocycles. The average molecular weight is 171 g/mol. The molecular formula is C9H17NO2. The minimum absolute atomic E-state index is 0.00796. The van der Waals surface area contributed by atoms with Crippen LogP contribution in [-0.2, 0) is 9.53 Å². The van der Waals surface area contributed by atoms with Gasteiger partial charge in [-0.25, -0.2) is 0 Å². The number of carbonyl (C=O) groups excluding carboxylic acids is 1. The summed E-state index contributed by atoms with van der Waals surface area (Å²) in [7, 11) is 0. The molecule has 1 aliphatic rings. The van der Waals surface area contributed by atoms with Crippen molar-refractivity contribution in [3.8, 4) is 0 Å². The number of esters is 1. The van der Waals surface area contributed by atoms with Crippen LogP contribution in [0.1, 0.15) is 26.7 Å². The second kappa shape index (κ2) is 4.45. The van der Waals surface area contributed by atoms with Crippen molar-refractivity contribution in [3.63, 3.8) is 0 Å². The summed E-state index contributed by atoms with van der Waals surface area (Å²) in [5, 5.41) is 3.27. The molecule has 0 aliphatic carbocycles. The molecule has 0 spiro atoms. The van der Waals surface area contributed by atoms with E-state index >= 15 is 0 Å². The Kier molecular flexibility index (Phi) is 3.53. The van der Waals surface area contributed by atoms with Gasteiger partial charge in [-0.3, -0.25) is 4.79 Å². The Morgan fingerprint density at radius 2 is 2.42 bits per heavy atom. The summed E-state index contributed by atoms with van der Waals surface area (Å²) in [4.78, 5) is 11.0. The van der Waals surface area contributed by atoms with Gasteiger partial charge in [0, 0.05) is 6.04 Å². The molecule has 3 heteroatoms. The molecule has 1 saturated heterocycles. The summed E-state index contributed by atoms with van der Waals surface area (Å²) in [6, 6.07) is 0.396. The monoisotopic (exact) mass is 171 g/mol. The van der Waals surface area contributed by atoms with Crippen LogP contribution in [0.2, 0.25) is 0 Å². The highest BCUT2D eigenvalue weighted by Gasteiger charge is 2.16. The highest BCUT2D eigenvalue weighted by atomic mass is 16.5. The lowest BCUT2D eigenvalue weighted by Gasteiger charge is -2.11. The maximum Gasteiger partial charge on any atom is 0.308 e. The van der Waals surface area contributed by atoms with E-state index in [0.717, 1.165) is 13.0 Å². The number of hydrogen-bond acceptors (Lipinski definition) is 3. The van der Waals surface area contributed by atoms with Gasteiger partial charge in [0.15, 0.2) is 0 Å². The largest absolute Gasteiger partial charge is 0.464 e. The van der Waals surface area contributed by atoms with E-state index in [9.17, 15) is 4.79 Å². The highest BCUT2D eigenvalue weighted by molar-refractivity contribution is 5.71. The molecular weight excluding hydrogens is 154 g/mol. The molecule has 0 bridgehead atoms. The van der Waals surface area contributed by atoms with E-state index < -0.39 is 0 Å². The van der Waals surface area contributed by atoms with Crippen molar-refractivity contribution in [1.82, 2.24) is 5.32 Å². The average Bonchev–Trinajstić information content (AvgIpc) is 2.51. The van der Waals surface area contributed by atoms with Crippen LogP contribution in [0.5, 0.6) is 0 Å². The molecule has 1 unspecified atom stereocenters. The Bertz CT molecular complexity index is 151. The lowest BCUT2D eigenvalue weighted by molar-refractivity contribution is -0.147. The molecule has 0 aromatic heterocycles. The summed E-state index contributed by atoms with van der Waals surface area (Å²) in [6.07, 6.45) is 2.33. The molecule has 70 valence electrons. The van der Waals surface area contributed by atoms with Crippen molar-refractivity contribution >= 4 is 5.97 Å². The maximum atomic E-state index is 11.0. The van der Waals surface area contributed by atoms with Gasteiger partial charge in [0.1, 0.15) is 6.61 Å². The molecule has 1 N–H and O–H groups in total. The van der Waals surface area contributed by atoms with Crippen molar-refractivity contribution in [2.45, 2.75) is 32.7 Å². The van der Waals surface area contributed by atoms with E-state index in [-0.39, 0.29) is 11.9 Å². The van der Waals surface area contributed by atoms with E-state index in [0.29, 0.717) is 12.6 Å². The van der Waals surface area contributed by atoms with Crippen molar-refractivity contribution < 1.29 is 9.53 Å². The van der Waals surface area contributed by atoms with Crippen LogP contribution >= 0.6 is 0 Å². The third-order valence-corrected chi connectivity index (χ3v) is 2.06. The van der Waals surface area contributed by atoms with Gasteiger partial charge in [0.25, 0.3) is 0 Å². The first-order valence-corrected chi connectivity index (χ1v) is 4.60. The van der Waals surface area contributed by atoms with Gasteiger partial charge >= 0.3 is 5.97 Å². The summed E-state index contributed by atoms with van der Waals surface area (Å²) in [5.41, 5.74) is 0. The van der Waals surface area contributed by atoms with Crippen LogP contribution in [0.15, 0.2) is 0 Å². The number of hydrogen-bond donors (Lipinski definition) is 1. The third-order valence-electron chi connectivity index (χ3n) is 2.06. The second-order valence-electron chi connectivity index (χ2n) is 3.58. The van der Waals surface area contributed by atoms with Crippen molar-refractivity contribution in [3.05, 3.63) is 0 Å². The molecule has 0 amide bonds. The fraction of sp³-hybridized carbons (Fsp3) is 0.889. The molecule has 1 aliphatic heterocycles. The zero-order chi connectivity index (χ0) is 8.97. The lowest BCUT2D eigenvalue weighted by Crippen LogP contribution is -2.29. The van der Waals surface area contributed by atoms with E-state index in [1.54, 1.807) is 0 Å². The molecule has 1 fully saturated rings. The SMILES string of the molecule is CC(C)C(=O)OCC1CCCN1. The zero-order valence-corrected chi connectivity index (χ0v) is 7.80. The molecule has 1 rings (SSSR count). The van der Waals surface area contributed by atoms with Gasteiger partial charge in [-0.05, 0) is 19.4 Å². The minimum Gasteiger partial charge on any atom is -0.464 e. The van der Waals surface area contributed by atoms with Crippen LogP contribution in [0, 0.1) is 5.92 Å². The minimum atomic E-state index is -0.0938. The van der Waals surface area contributed by atoms with E-state index in [1.165, 1.54) is 6.42 Å². The smallest absolute Gasteiger partial charge is 0.308 e. The first kappa shape index (κ1) is 9.52. The molecule has 0 radical (unpaired) electrons. The third kappa shape index (κ3) is 2.81. The van der Waals surface area contributed by atoms with Crippen LogP contribution < -0.4 is 5.32 Å². The summed E-state index contributed by atoms with van der Waals surface area (Å²) >= 11 is 0. The van der Waals surface area contributed by atoms with Gasteiger partial charge in [-0.2, -0.15) is 0 Å². The van der Waals surface area contributed by atoms with Crippen molar-refractivity contribution in [1.29, 1.82) is 0 Å². The van der Waals surface area contributed by atoms with Crippen LogP contribution in [0.25, 0.3) is 0 Å². The zero-order valence-electron chi connectivity index (χ0n) is 7.80. The quantitative estimate of drug-likeness (QED) is 0.642. The molecule has 12 heavy (non-hydrogen) atoms. The van der Waals surface area contributed by atoms with Gasteiger partial charge in [0.05, 0.1) is 5.92 Å². The van der Waals surface area contributed by atoms with Gasteiger partial charge in [-0.15, -0.1) is 0 Å². The van der Waals surface area contributed by atoms with Crippen molar-refractivity contribution in [2.24, 2.45) is 5.92 Å². The van der Waals surface area contributed by atoms with E-state index in [2.05, 4.69) is 5.32 Å². The maximum absolute atomic E-state index is 11.0. The normalized spacial score (nSPS) is 23.1. The van der Waals surface area contributed by atoms with Crippen LogP contribution in [0.4, 0.5) is 0 Å². The van der Waals surface area contributed by atoms with Crippen molar-refractivity contribution in [2.75, 3.05) is 13.2 Å². The first-order valence-electron chi connectivity index (χ1n) is 4.60. The first-order chi connectivity index (χ1) is 5.70. The van der Waals surface area contributed by atoms with E-state index in [4.69, 9.17) is 4.74 Å². The van der Waals surface area contributed by atoms with Crippen LogP contribution in [0.3, 0.4) is 0 Å².